The minimum Gasteiger partial charge on any atom is -0.488 e. The highest BCUT2D eigenvalue weighted by molar-refractivity contribution is 5.72. The molecule has 9 heteroatoms. The van der Waals surface area contributed by atoms with Gasteiger partial charge in [0.2, 0.25) is 0 Å². The van der Waals surface area contributed by atoms with Crippen molar-refractivity contribution >= 4 is 0 Å². The smallest absolute Gasteiger partial charge is 0.416 e. The monoisotopic (exact) mass is 499 g/mol. The molecule has 1 atom stereocenters. The fourth-order valence-corrected chi connectivity index (χ4v) is 4.67. The molecule has 6 nitrogen and oxygen atoms in total. The van der Waals surface area contributed by atoms with Gasteiger partial charge in [0.05, 0.1) is 37.2 Å². The molecule has 1 fully saturated rings. The summed E-state index contributed by atoms with van der Waals surface area (Å²) in [5.41, 5.74) is 3.81. The second kappa shape index (κ2) is 10.5. The number of rotatable bonds is 6. The van der Waals surface area contributed by atoms with E-state index in [4.69, 9.17) is 14.2 Å². The van der Waals surface area contributed by atoms with Gasteiger partial charge in [-0.1, -0.05) is 30.3 Å². The zero-order valence-corrected chi connectivity index (χ0v) is 20.1. The van der Waals surface area contributed by atoms with Crippen molar-refractivity contribution in [1.29, 1.82) is 0 Å². The van der Waals surface area contributed by atoms with Gasteiger partial charge in [-0.2, -0.15) is 18.3 Å². The zero-order valence-electron chi connectivity index (χ0n) is 20.1. The lowest BCUT2D eigenvalue weighted by Gasteiger charge is -2.31. The molecule has 0 N–H and O–H groups in total. The van der Waals surface area contributed by atoms with Gasteiger partial charge in [-0.05, 0) is 42.8 Å². The fourth-order valence-electron chi connectivity index (χ4n) is 4.67. The van der Waals surface area contributed by atoms with E-state index in [1.54, 1.807) is 0 Å². The molecule has 0 radical (unpaired) electrons. The van der Waals surface area contributed by atoms with Gasteiger partial charge in [0.15, 0.2) is 0 Å². The van der Waals surface area contributed by atoms with Crippen molar-refractivity contribution in [2.24, 2.45) is 0 Å². The average Bonchev–Trinajstić information content (AvgIpc) is 2.88. The Bertz CT molecular complexity index is 1200. The number of hydrogen-bond acceptors (Lipinski definition) is 6. The van der Waals surface area contributed by atoms with Gasteiger partial charge in [-0.15, -0.1) is 5.10 Å². The SMILES string of the molecule is CN1CCO[C@@H](Cc2nnc(-c3ccc(C(F)(F)F)cc3OCc3ccccc3)c3c2COCC3)C1. The molecule has 2 aromatic carbocycles. The standard InChI is InChI=1S/C27H28F3N3O3/c1-33-10-12-35-20(15-33)14-24-23-17-34-11-9-21(23)26(32-31-24)22-8-7-19(27(28,29)30)13-25(22)36-16-18-5-3-2-4-6-18/h2-8,13,20H,9-12,14-17H2,1H3/t20-/m0/s1. The van der Waals surface area contributed by atoms with Crippen LogP contribution in [0.5, 0.6) is 5.75 Å². The van der Waals surface area contributed by atoms with Crippen molar-refractivity contribution < 1.29 is 27.4 Å². The van der Waals surface area contributed by atoms with E-state index < -0.39 is 11.7 Å². The maximum Gasteiger partial charge on any atom is 0.416 e. The number of nitrogens with zero attached hydrogens (tertiary/aromatic N) is 3. The molecule has 1 aromatic heterocycles. The number of alkyl halides is 3. The fraction of sp³-hybridized carbons (Fsp3) is 0.407. The molecule has 2 aliphatic heterocycles. The van der Waals surface area contributed by atoms with Crippen LogP contribution in [0.15, 0.2) is 48.5 Å². The Morgan fingerprint density at radius 2 is 1.89 bits per heavy atom. The van der Waals surface area contributed by atoms with E-state index in [9.17, 15) is 13.2 Å². The third kappa shape index (κ3) is 5.53. The minimum absolute atomic E-state index is 0.00534. The third-order valence-electron chi connectivity index (χ3n) is 6.58. The third-order valence-corrected chi connectivity index (χ3v) is 6.58. The predicted octanol–water partition coefficient (Wildman–Crippen LogP) is 4.69. The van der Waals surface area contributed by atoms with E-state index in [-0.39, 0.29) is 18.5 Å². The van der Waals surface area contributed by atoms with Gasteiger partial charge in [0.25, 0.3) is 0 Å². The summed E-state index contributed by atoms with van der Waals surface area (Å²) in [6.07, 6.45) is -3.28. The van der Waals surface area contributed by atoms with Crippen LogP contribution in [-0.4, -0.2) is 54.6 Å². The number of likely N-dealkylation sites (N-methyl/N-ethyl adjacent to an activating group) is 1. The first kappa shape index (κ1) is 24.7. The lowest BCUT2D eigenvalue weighted by Crippen LogP contribution is -2.41. The van der Waals surface area contributed by atoms with E-state index in [0.717, 1.165) is 47.6 Å². The highest BCUT2D eigenvalue weighted by atomic mass is 19.4. The van der Waals surface area contributed by atoms with Gasteiger partial charge in [0, 0.05) is 30.6 Å². The summed E-state index contributed by atoms with van der Waals surface area (Å²) < 4.78 is 58.2. The quantitative estimate of drug-likeness (QED) is 0.491. The summed E-state index contributed by atoms with van der Waals surface area (Å²) in [5, 5.41) is 9.03. The topological polar surface area (TPSA) is 56.7 Å². The van der Waals surface area contributed by atoms with Gasteiger partial charge < -0.3 is 19.1 Å². The number of hydrogen-bond donors (Lipinski definition) is 0. The summed E-state index contributed by atoms with van der Waals surface area (Å²) in [6, 6.07) is 12.9. The lowest BCUT2D eigenvalue weighted by atomic mass is 9.94. The van der Waals surface area contributed by atoms with Gasteiger partial charge in [-0.25, -0.2) is 0 Å². The van der Waals surface area contributed by atoms with Crippen LogP contribution in [0.3, 0.4) is 0 Å². The van der Waals surface area contributed by atoms with E-state index in [1.807, 2.05) is 30.3 Å². The van der Waals surface area contributed by atoms with Crippen LogP contribution < -0.4 is 4.74 Å². The Kier molecular flexibility index (Phi) is 7.22. The first-order valence-corrected chi connectivity index (χ1v) is 12.0. The molecule has 3 heterocycles. The van der Waals surface area contributed by atoms with E-state index in [0.29, 0.717) is 43.9 Å². The Morgan fingerprint density at radius 1 is 1.06 bits per heavy atom. The maximum absolute atomic E-state index is 13.5. The molecular formula is C27H28F3N3O3. The van der Waals surface area contributed by atoms with Gasteiger partial charge in [0.1, 0.15) is 18.1 Å². The van der Waals surface area contributed by atoms with Crippen LogP contribution in [0.25, 0.3) is 11.3 Å². The molecule has 0 bridgehead atoms. The zero-order chi connectivity index (χ0) is 25.1. The first-order valence-electron chi connectivity index (χ1n) is 12.0. The highest BCUT2D eigenvalue weighted by Crippen LogP contribution is 2.39. The summed E-state index contributed by atoms with van der Waals surface area (Å²) in [5.74, 6) is 0.127. The first-order chi connectivity index (χ1) is 17.4. The van der Waals surface area contributed by atoms with Crippen molar-refractivity contribution in [3.05, 3.63) is 76.5 Å². The molecule has 36 heavy (non-hydrogen) atoms. The molecule has 0 spiro atoms. The van der Waals surface area contributed by atoms with Crippen molar-refractivity contribution in [1.82, 2.24) is 15.1 Å². The van der Waals surface area contributed by atoms with Crippen LogP contribution >= 0.6 is 0 Å². The van der Waals surface area contributed by atoms with Crippen LogP contribution in [0.1, 0.15) is 27.9 Å². The summed E-state index contributed by atoms with van der Waals surface area (Å²) in [4.78, 5) is 2.22. The molecule has 0 unspecified atom stereocenters. The van der Waals surface area contributed by atoms with Crippen molar-refractivity contribution in [2.45, 2.75) is 38.3 Å². The second-order valence-electron chi connectivity index (χ2n) is 9.20. The number of aromatic nitrogens is 2. The van der Waals surface area contributed by atoms with Crippen LogP contribution in [0.4, 0.5) is 13.2 Å². The van der Waals surface area contributed by atoms with E-state index in [2.05, 4.69) is 22.1 Å². The largest absolute Gasteiger partial charge is 0.488 e. The average molecular weight is 500 g/mol. The lowest BCUT2D eigenvalue weighted by molar-refractivity contribution is -0.137. The molecule has 0 saturated carbocycles. The summed E-state index contributed by atoms with van der Waals surface area (Å²) in [6.45, 7) is 3.39. The maximum atomic E-state index is 13.5. The molecule has 1 saturated heterocycles. The molecule has 5 rings (SSSR count). The number of morpholine rings is 1. The van der Waals surface area contributed by atoms with E-state index >= 15 is 0 Å². The number of fused-ring (bicyclic) bond motifs is 1. The number of halogens is 3. The molecule has 0 amide bonds. The van der Waals surface area contributed by atoms with Crippen molar-refractivity contribution in [3.8, 4) is 17.0 Å². The normalized spacial score (nSPS) is 18.6. The van der Waals surface area contributed by atoms with Gasteiger partial charge in [-0.3, -0.25) is 0 Å². The van der Waals surface area contributed by atoms with E-state index in [1.165, 1.54) is 6.07 Å². The Labute approximate surface area is 208 Å². The highest BCUT2D eigenvalue weighted by Gasteiger charge is 2.32. The second-order valence-corrected chi connectivity index (χ2v) is 9.20. The molecule has 0 aliphatic carbocycles. The molecule has 2 aliphatic rings. The minimum atomic E-state index is -4.49. The Morgan fingerprint density at radius 3 is 2.67 bits per heavy atom. The number of ether oxygens (including phenoxy) is 3. The Hall–Kier alpha value is -3.01. The summed E-state index contributed by atoms with van der Waals surface area (Å²) >= 11 is 0. The molecule has 190 valence electrons. The van der Waals surface area contributed by atoms with Gasteiger partial charge >= 0.3 is 6.18 Å². The predicted molar refractivity (Wildman–Crippen MR) is 128 cm³/mol. The van der Waals surface area contributed by atoms with Crippen LogP contribution in [-0.2, 0) is 41.7 Å². The van der Waals surface area contributed by atoms with Crippen molar-refractivity contribution in [2.75, 3.05) is 33.4 Å². The van der Waals surface area contributed by atoms with Crippen LogP contribution in [0, 0.1) is 0 Å². The van der Waals surface area contributed by atoms with Crippen LogP contribution in [0.2, 0.25) is 0 Å². The van der Waals surface area contributed by atoms with Crippen molar-refractivity contribution in [3.63, 3.8) is 0 Å². The summed E-state index contributed by atoms with van der Waals surface area (Å²) in [7, 11) is 2.06. The molecule has 3 aromatic rings. The Balaban J connectivity index is 1.51. The number of benzene rings is 2. The molecular weight excluding hydrogens is 471 g/mol.